The van der Waals surface area contributed by atoms with E-state index in [1.165, 1.54) is 10.4 Å². The van der Waals surface area contributed by atoms with Gasteiger partial charge in [0, 0.05) is 20.1 Å². The van der Waals surface area contributed by atoms with E-state index in [1.54, 1.807) is 13.2 Å². The van der Waals surface area contributed by atoms with Crippen LogP contribution in [-0.4, -0.2) is 33.9 Å². The first-order valence-corrected chi connectivity index (χ1v) is 12.5. The summed E-state index contributed by atoms with van der Waals surface area (Å²) in [5.41, 5.74) is -0.837. The summed E-state index contributed by atoms with van der Waals surface area (Å²) >= 11 is 0. The molecule has 0 saturated carbocycles. The van der Waals surface area contributed by atoms with Gasteiger partial charge in [-0.2, -0.15) is 0 Å². The molecule has 0 aliphatic carbocycles. The summed E-state index contributed by atoms with van der Waals surface area (Å²) in [5, 5.41) is 2.45. The molecule has 0 aliphatic heterocycles. The Hall–Kier alpha value is -2.01. The molecule has 0 bridgehead atoms. The zero-order valence-electron chi connectivity index (χ0n) is 19.1. The van der Waals surface area contributed by atoms with Crippen LogP contribution < -0.4 is 10.4 Å². The highest BCUT2D eigenvalue weighted by Crippen LogP contribution is 2.37. The van der Waals surface area contributed by atoms with Crippen LogP contribution in [0.15, 0.2) is 73.3 Å². The second-order valence-corrected chi connectivity index (χ2v) is 13.5. The fraction of sp³-hybridized carbons (Fsp3) is 0.423. The van der Waals surface area contributed by atoms with Gasteiger partial charge in [0.2, 0.25) is 0 Å². The summed E-state index contributed by atoms with van der Waals surface area (Å²) in [6.45, 7) is 13.3. The van der Waals surface area contributed by atoms with Gasteiger partial charge in [0.15, 0.2) is 6.29 Å². The average molecular weight is 425 g/mol. The third-order valence-electron chi connectivity index (χ3n) is 5.81. The molecule has 0 N–H and O–H groups in total. The first kappa shape index (κ1) is 24.3. The van der Waals surface area contributed by atoms with Crippen LogP contribution in [0.1, 0.15) is 40.5 Å². The normalized spacial score (nSPS) is 15.2. The van der Waals surface area contributed by atoms with Crippen LogP contribution >= 0.6 is 0 Å². The van der Waals surface area contributed by atoms with Crippen molar-refractivity contribution in [1.29, 1.82) is 0 Å². The predicted molar refractivity (Wildman–Crippen MR) is 128 cm³/mol. The van der Waals surface area contributed by atoms with E-state index in [0.717, 1.165) is 6.29 Å². The maximum absolute atomic E-state index is 11.8. The Bertz CT molecular complexity index is 759. The van der Waals surface area contributed by atoms with Crippen molar-refractivity contribution in [2.45, 2.75) is 51.2 Å². The molecule has 0 saturated heterocycles. The predicted octanol–water partition coefficient (Wildman–Crippen LogP) is 4.75. The quantitative estimate of drug-likeness (QED) is 0.297. The molecule has 0 radical (unpaired) electrons. The molecule has 0 aliphatic rings. The zero-order chi connectivity index (χ0) is 22.3. The summed E-state index contributed by atoms with van der Waals surface area (Å²) in [4.78, 5) is 11.8. The number of methoxy groups -OCH3 is 1. The maximum atomic E-state index is 11.8. The van der Waals surface area contributed by atoms with E-state index in [1.807, 2.05) is 12.1 Å². The smallest absolute Gasteiger partial charge is 0.261 e. The molecule has 0 heterocycles. The average Bonchev–Trinajstić information content (AvgIpc) is 2.74. The van der Waals surface area contributed by atoms with Crippen molar-refractivity contribution >= 4 is 25.0 Å². The molecule has 0 unspecified atom stereocenters. The molecular formula is C26H36O3Si. The molecule has 162 valence electrons. The van der Waals surface area contributed by atoms with E-state index in [4.69, 9.17) is 9.16 Å². The molecule has 3 nitrogen and oxygen atoms in total. The number of hydrogen-bond acceptors (Lipinski definition) is 3. The minimum Gasteiger partial charge on any atom is -0.407 e. The SMILES string of the molecule is C=CC[C@](C=O)(C[C@@H](C)CO[Si](c1ccccc1)(c1ccccc1)C(C)(C)C)OC. The van der Waals surface area contributed by atoms with E-state index < -0.39 is 13.9 Å². The zero-order valence-corrected chi connectivity index (χ0v) is 20.1. The Labute approximate surface area is 183 Å². The van der Waals surface area contributed by atoms with Crippen molar-refractivity contribution < 1.29 is 14.0 Å². The summed E-state index contributed by atoms with van der Waals surface area (Å²) < 4.78 is 12.6. The lowest BCUT2D eigenvalue weighted by Gasteiger charge is -2.44. The lowest BCUT2D eigenvalue weighted by atomic mass is 9.90. The van der Waals surface area contributed by atoms with Crippen molar-refractivity contribution in [3.63, 3.8) is 0 Å². The molecular weight excluding hydrogens is 388 g/mol. The van der Waals surface area contributed by atoms with E-state index >= 15 is 0 Å². The molecule has 0 spiro atoms. The summed E-state index contributed by atoms with van der Waals surface area (Å²) in [7, 11) is -0.985. The van der Waals surface area contributed by atoms with Crippen molar-refractivity contribution in [1.82, 2.24) is 0 Å². The Kier molecular flexibility index (Phi) is 8.36. The number of ether oxygens (including phenoxy) is 1. The Morgan fingerprint density at radius 2 is 1.50 bits per heavy atom. The topological polar surface area (TPSA) is 35.5 Å². The van der Waals surface area contributed by atoms with Crippen LogP contribution in [0.5, 0.6) is 0 Å². The van der Waals surface area contributed by atoms with Gasteiger partial charge in [0.05, 0.1) is 0 Å². The monoisotopic (exact) mass is 424 g/mol. The standard InChI is InChI=1S/C26H36O3Si/c1-7-18-26(21-27,28-6)19-22(2)20-29-30(25(3,4)5,23-14-10-8-11-15-23)24-16-12-9-13-17-24/h7-17,21-22H,1,18-20H2,2-6H3/t22-,26-/m1/s1. The molecule has 0 fully saturated rings. The number of aldehydes is 1. The molecule has 2 atom stereocenters. The molecule has 2 rings (SSSR count). The Morgan fingerprint density at radius 1 is 1.00 bits per heavy atom. The molecule has 30 heavy (non-hydrogen) atoms. The van der Waals surface area contributed by atoms with Gasteiger partial charge < -0.3 is 14.0 Å². The van der Waals surface area contributed by atoms with Crippen LogP contribution in [-0.2, 0) is 14.0 Å². The van der Waals surface area contributed by atoms with Gasteiger partial charge in [0.25, 0.3) is 8.32 Å². The first-order valence-electron chi connectivity index (χ1n) is 10.6. The van der Waals surface area contributed by atoms with Gasteiger partial charge in [-0.1, -0.05) is 94.4 Å². The Balaban J connectivity index is 2.42. The molecule has 2 aromatic carbocycles. The first-order chi connectivity index (χ1) is 14.2. The van der Waals surface area contributed by atoms with Gasteiger partial charge in [-0.15, -0.1) is 6.58 Å². The van der Waals surface area contributed by atoms with Crippen molar-refractivity contribution in [3.8, 4) is 0 Å². The van der Waals surface area contributed by atoms with Crippen LogP contribution in [0.25, 0.3) is 0 Å². The highest BCUT2D eigenvalue weighted by molar-refractivity contribution is 6.99. The summed E-state index contributed by atoms with van der Waals surface area (Å²) in [6.07, 6.45) is 3.75. The van der Waals surface area contributed by atoms with Crippen molar-refractivity contribution in [2.24, 2.45) is 5.92 Å². The van der Waals surface area contributed by atoms with Crippen molar-refractivity contribution in [2.75, 3.05) is 13.7 Å². The van der Waals surface area contributed by atoms with Gasteiger partial charge in [0.1, 0.15) is 5.60 Å². The summed E-state index contributed by atoms with van der Waals surface area (Å²) in [5.74, 6) is 0.150. The van der Waals surface area contributed by atoms with Crippen LogP contribution in [0, 0.1) is 5.92 Å². The fourth-order valence-electron chi connectivity index (χ4n) is 4.32. The Morgan fingerprint density at radius 3 is 1.87 bits per heavy atom. The maximum Gasteiger partial charge on any atom is 0.261 e. The van der Waals surface area contributed by atoms with Gasteiger partial charge in [-0.3, -0.25) is 0 Å². The van der Waals surface area contributed by atoms with Crippen molar-refractivity contribution in [3.05, 3.63) is 73.3 Å². The summed E-state index contributed by atoms with van der Waals surface area (Å²) in [6, 6.07) is 21.2. The largest absolute Gasteiger partial charge is 0.407 e. The van der Waals surface area contributed by atoms with Crippen LogP contribution in [0.3, 0.4) is 0 Å². The number of hydrogen-bond donors (Lipinski definition) is 0. The number of carbonyl (C=O) groups is 1. The van der Waals surface area contributed by atoms with E-state index in [2.05, 4.69) is 82.8 Å². The lowest BCUT2D eigenvalue weighted by molar-refractivity contribution is -0.129. The minimum atomic E-state index is -2.58. The van der Waals surface area contributed by atoms with Gasteiger partial charge in [-0.05, 0) is 27.8 Å². The number of benzene rings is 2. The van der Waals surface area contributed by atoms with Gasteiger partial charge in [-0.25, -0.2) is 0 Å². The molecule has 0 amide bonds. The number of carbonyl (C=O) groups excluding carboxylic acids is 1. The minimum absolute atomic E-state index is 0.0699. The van der Waals surface area contributed by atoms with E-state index in [9.17, 15) is 4.79 Å². The van der Waals surface area contributed by atoms with E-state index in [-0.39, 0.29) is 11.0 Å². The van der Waals surface area contributed by atoms with Crippen LogP contribution in [0.2, 0.25) is 5.04 Å². The third-order valence-corrected chi connectivity index (χ3v) is 10.8. The fourth-order valence-corrected chi connectivity index (χ4v) is 9.01. The molecule has 2 aromatic rings. The lowest BCUT2D eigenvalue weighted by Crippen LogP contribution is -2.66. The highest BCUT2D eigenvalue weighted by Gasteiger charge is 2.50. The van der Waals surface area contributed by atoms with Crippen LogP contribution in [0.4, 0.5) is 0 Å². The third kappa shape index (κ3) is 5.18. The van der Waals surface area contributed by atoms with Gasteiger partial charge >= 0.3 is 0 Å². The molecule has 0 aromatic heterocycles. The highest BCUT2D eigenvalue weighted by atomic mass is 28.4. The number of rotatable bonds is 11. The van der Waals surface area contributed by atoms with E-state index in [0.29, 0.717) is 19.4 Å². The second-order valence-electron chi connectivity index (χ2n) is 9.16. The molecule has 4 heteroatoms. The second kappa shape index (κ2) is 10.3.